The molecule has 2 aromatic carbocycles. The van der Waals surface area contributed by atoms with Crippen molar-refractivity contribution in [1.82, 2.24) is 15.1 Å². The molecule has 49 heavy (non-hydrogen) atoms. The molecule has 4 aliphatic heterocycles. The zero-order chi connectivity index (χ0) is 34.9. The van der Waals surface area contributed by atoms with Crippen molar-refractivity contribution in [2.24, 2.45) is 9.98 Å². The number of phenolic OH excluding ortho intramolecular Hbond substituents is 1. The van der Waals surface area contributed by atoms with Crippen LogP contribution in [-0.4, -0.2) is 98.6 Å². The zero-order valence-corrected chi connectivity index (χ0v) is 29.3. The normalized spacial score (nSPS) is 26.6. The molecule has 13 heteroatoms. The van der Waals surface area contributed by atoms with Crippen molar-refractivity contribution in [2.45, 2.75) is 81.7 Å². The molecule has 1 unspecified atom stereocenters. The van der Waals surface area contributed by atoms with Gasteiger partial charge in [0.2, 0.25) is 0 Å². The molecule has 3 saturated heterocycles. The van der Waals surface area contributed by atoms with Gasteiger partial charge in [-0.2, -0.15) is 4.99 Å². The Kier molecular flexibility index (Phi) is 10.3. The molecular formula is C36H46F3N5O4S. The number of nitrogens with one attached hydrogen (secondary N) is 1. The van der Waals surface area contributed by atoms with Crippen LogP contribution in [0.25, 0.3) is 16.5 Å². The summed E-state index contributed by atoms with van der Waals surface area (Å²) in [5.41, 5.74) is 0.683. The molecule has 9 nitrogen and oxygen atoms in total. The number of hydrogen-bond donors (Lipinski definition) is 2. The molecule has 0 spiro atoms. The SMILES string of the molecule is CCc1c(F)ccc2cc(O)cc(C3=C(F)C/C(=C(\N=C(/NC)OC[C@@]45CCCN4C[C@H](F)C5)N4CCCCCC(S(C)(=O)=O)C4)C=N3)c12. The highest BCUT2D eigenvalue weighted by Gasteiger charge is 2.49. The van der Waals surface area contributed by atoms with E-state index >= 15 is 4.39 Å². The number of allylic oxidation sites excluding steroid dienone is 2. The van der Waals surface area contributed by atoms with E-state index in [1.807, 2.05) is 11.8 Å². The van der Waals surface area contributed by atoms with Crippen molar-refractivity contribution in [1.29, 1.82) is 0 Å². The summed E-state index contributed by atoms with van der Waals surface area (Å²) in [6.45, 7) is 3.91. The Labute approximate surface area is 286 Å². The summed E-state index contributed by atoms with van der Waals surface area (Å²) in [6, 6.07) is 5.98. The maximum absolute atomic E-state index is 16.4. The summed E-state index contributed by atoms with van der Waals surface area (Å²) < 4.78 is 77.6. The lowest BCUT2D eigenvalue weighted by atomic mass is 9.93. The molecule has 3 atom stereocenters. The number of aryl methyl sites for hydroxylation is 1. The number of sulfone groups is 1. The van der Waals surface area contributed by atoms with E-state index in [4.69, 9.17) is 9.73 Å². The van der Waals surface area contributed by atoms with Gasteiger partial charge in [0.1, 0.15) is 41.7 Å². The minimum Gasteiger partial charge on any atom is -0.508 e. The molecule has 6 rings (SSSR count). The average Bonchev–Trinajstić information content (AvgIpc) is 3.56. The number of aromatic hydroxyl groups is 1. The lowest BCUT2D eigenvalue weighted by Crippen LogP contribution is -2.44. The Hall–Kier alpha value is -3.58. The van der Waals surface area contributed by atoms with Gasteiger partial charge in [0.15, 0.2) is 9.84 Å². The number of halogens is 3. The second-order valence-electron chi connectivity index (χ2n) is 13.8. The molecule has 2 aromatic rings. The molecular weight excluding hydrogens is 655 g/mol. The van der Waals surface area contributed by atoms with Crippen LogP contribution in [0, 0.1) is 5.82 Å². The van der Waals surface area contributed by atoms with Crippen LogP contribution in [0.3, 0.4) is 0 Å². The maximum atomic E-state index is 16.4. The highest BCUT2D eigenvalue weighted by molar-refractivity contribution is 7.91. The summed E-state index contributed by atoms with van der Waals surface area (Å²) in [5, 5.41) is 13.9. The molecule has 266 valence electrons. The van der Waals surface area contributed by atoms with Gasteiger partial charge >= 0.3 is 0 Å². The number of likely N-dealkylation sites (tertiary alicyclic amines) is 1. The minimum absolute atomic E-state index is 0.0116. The second-order valence-corrected chi connectivity index (χ2v) is 16.1. The number of phenols is 1. The fourth-order valence-electron chi connectivity index (χ4n) is 7.97. The molecule has 4 heterocycles. The molecule has 0 radical (unpaired) electrons. The third-order valence-electron chi connectivity index (χ3n) is 10.4. The average molecular weight is 702 g/mol. The van der Waals surface area contributed by atoms with E-state index in [-0.39, 0.29) is 42.6 Å². The Bertz CT molecular complexity index is 1830. The summed E-state index contributed by atoms with van der Waals surface area (Å²) in [6.07, 6.45) is 7.07. The number of nitrogens with zero attached hydrogens (tertiary/aromatic N) is 4. The predicted octanol–water partition coefficient (Wildman–Crippen LogP) is 6.03. The van der Waals surface area contributed by atoms with Gasteiger partial charge in [0.25, 0.3) is 6.02 Å². The summed E-state index contributed by atoms with van der Waals surface area (Å²) in [7, 11) is -1.73. The number of ether oxygens (including phenoxy) is 1. The lowest BCUT2D eigenvalue weighted by molar-refractivity contribution is 0.103. The van der Waals surface area contributed by atoms with Gasteiger partial charge in [0, 0.05) is 63.1 Å². The fourth-order valence-corrected chi connectivity index (χ4v) is 9.01. The van der Waals surface area contributed by atoms with Crippen LogP contribution in [-0.2, 0) is 21.0 Å². The van der Waals surface area contributed by atoms with E-state index in [2.05, 4.69) is 15.2 Å². The Morgan fingerprint density at radius 2 is 1.98 bits per heavy atom. The number of amidine groups is 1. The fraction of sp³-hybridized carbons (Fsp3) is 0.556. The van der Waals surface area contributed by atoms with Gasteiger partial charge < -0.3 is 20.1 Å². The number of aliphatic imine (C=N–C) groups is 2. The Morgan fingerprint density at radius 3 is 2.71 bits per heavy atom. The highest BCUT2D eigenvalue weighted by atomic mass is 32.2. The van der Waals surface area contributed by atoms with Crippen molar-refractivity contribution in [3.8, 4) is 5.75 Å². The first kappa shape index (κ1) is 35.3. The Balaban J connectivity index is 1.41. The minimum atomic E-state index is -3.40. The van der Waals surface area contributed by atoms with Crippen molar-refractivity contribution in [3.63, 3.8) is 0 Å². The van der Waals surface area contributed by atoms with Crippen LogP contribution in [0.1, 0.15) is 69.4 Å². The predicted molar refractivity (Wildman–Crippen MR) is 187 cm³/mol. The number of fused-ring (bicyclic) bond motifs is 2. The van der Waals surface area contributed by atoms with Gasteiger partial charge in [-0.25, -0.2) is 21.6 Å². The molecule has 0 amide bonds. The number of benzene rings is 2. The maximum Gasteiger partial charge on any atom is 0.291 e. The van der Waals surface area contributed by atoms with Crippen molar-refractivity contribution >= 4 is 38.5 Å². The van der Waals surface area contributed by atoms with E-state index in [9.17, 15) is 22.3 Å². The van der Waals surface area contributed by atoms with Gasteiger partial charge in [0.05, 0.1) is 10.8 Å². The first-order valence-corrected chi connectivity index (χ1v) is 19.2. The third kappa shape index (κ3) is 7.33. The quantitative estimate of drug-likeness (QED) is 0.268. The van der Waals surface area contributed by atoms with Crippen LogP contribution >= 0.6 is 0 Å². The summed E-state index contributed by atoms with van der Waals surface area (Å²) in [4.78, 5) is 13.4. The number of hydrogen-bond acceptors (Lipinski definition) is 8. The second kappa shape index (κ2) is 14.3. The molecule has 0 bridgehead atoms. The van der Waals surface area contributed by atoms with Gasteiger partial charge in [-0.05, 0) is 73.2 Å². The van der Waals surface area contributed by atoms with E-state index in [0.29, 0.717) is 60.1 Å². The monoisotopic (exact) mass is 701 g/mol. The van der Waals surface area contributed by atoms with E-state index in [1.54, 1.807) is 13.1 Å². The summed E-state index contributed by atoms with van der Waals surface area (Å²) >= 11 is 0. The standard InChI is InChI=1S/C36H46F3N5O4S/c1-4-28-30(38)11-10-23-15-26(45)17-29(32(23)28)33-31(39)16-24(19-41-33)34(43-13-7-5-6-9-27(21-43)49(3,46)47)42-35(40-2)48-22-36-12-8-14-44(36)20-25(37)18-36/h10-11,15,17,19,25,27,45H,4-9,12-14,16,18,20-22H2,1-3H3,(H,40,42)/b34-24-/t25-,27?,36+/m1/s1. The Morgan fingerprint density at radius 1 is 1.16 bits per heavy atom. The van der Waals surface area contributed by atoms with Gasteiger partial charge in [-0.15, -0.1) is 0 Å². The molecule has 0 aromatic heterocycles. The molecule has 0 saturated carbocycles. The van der Waals surface area contributed by atoms with Gasteiger partial charge in [-0.1, -0.05) is 25.8 Å². The van der Waals surface area contributed by atoms with Crippen LogP contribution in [0.5, 0.6) is 5.75 Å². The van der Waals surface area contributed by atoms with Crippen LogP contribution in [0.15, 0.2) is 51.5 Å². The van der Waals surface area contributed by atoms with Crippen molar-refractivity contribution in [3.05, 3.63) is 58.4 Å². The van der Waals surface area contributed by atoms with Crippen LogP contribution in [0.2, 0.25) is 0 Å². The first-order valence-electron chi connectivity index (χ1n) is 17.2. The van der Waals surface area contributed by atoms with E-state index in [1.165, 1.54) is 30.7 Å². The summed E-state index contributed by atoms with van der Waals surface area (Å²) in [5.74, 6) is -0.767. The number of rotatable bonds is 7. The zero-order valence-electron chi connectivity index (χ0n) is 28.4. The molecule has 4 aliphatic rings. The highest BCUT2D eigenvalue weighted by Crippen LogP contribution is 2.41. The lowest BCUT2D eigenvalue weighted by Gasteiger charge is -2.33. The third-order valence-corrected chi connectivity index (χ3v) is 12.0. The molecule has 3 fully saturated rings. The smallest absolute Gasteiger partial charge is 0.291 e. The van der Waals surface area contributed by atoms with Crippen molar-refractivity contribution in [2.75, 3.05) is 46.1 Å². The van der Waals surface area contributed by atoms with Crippen LogP contribution in [0.4, 0.5) is 13.2 Å². The van der Waals surface area contributed by atoms with E-state index in [0.717, 1.165) is 38.6 Å². The van der Waals surface area contributed by atoms with Gasteiger partial charge in [-0.3, -0.25) is 9.89 Å². The molecule has 0 aliphatic carbocycles. The largest absolute Gasteiger partial charge is 0.508 e. The molecule has 2 N–H and O–H groups in total. The van der Waals surface area contributed by atoms with E-state index < -0.39 is 38.4 Å². The number of alkyl halides is 1. The first-order chi connectivity index (χ1) is 23.4. The van der Waals surface area contributed by atoms with Crippen molar-refractivity contribution < 1.29 is 31.4 Å². The van der Waals surface area contributed by atoms with Crippen LogP contribution < -0.4 is 5.32 Å². The topological polar surface area (TPSA) is 107 Å².